The summed E-state index contributed by atoms with van der Waals surface area (Å²) in [5, 5.41) is 4.46. The Bertz CT molecular complexity index is 445. The number of hydrogen-bond donors (Lipinski definition) is 0. The molecular formula is C11H14N2O. The van der Waals surface area contributed by atoms with Crippen LogP contribution in [0.5, 0.6) is 5.75 Å². The zero-order valence-electron chi connectivity index (χ0n) is 8.69. The smallest absolute Gasteiger partial charge is 0.137 e. The summed E-state index contributed by atoms with van der Waals surface area (Å²) in [4.78, 5) is 0. The van der Waals surface area contributed by atoms with Crippen molar-refractivity contribution >= 4 is 5.52 Å². The summed E-state index contributed by atoms with van der Waals surface area (Å²) < 4.78 is 6.99. The molecule has 0 unspecified atom stereocenters. The second-order valence-electron chi connectivity index (χ2n) is 3.66. The van der Waals surface area contributed by atoms with Gasteiger partial charge in [-0.25, -0.2) is 4.52 Å². The van der Waals surface area contributed by atoms with Gasteiger partial charge in [-0.3, -0.25) is 0 Å². The quantitative estimate of drug-likeness (QED) is 0.727. The zero-order valence-corrected chi connectivity index (χ0v) is 8.69. The van der Waals surface area contributed by atoms with E-state index in [2.05, 4.69) is 25.0 Å². The maximum absolute atomic E-state index is 5.13. The van der Waals surface area contributed by atoms with Gasteiger partial charge in [0.15, 0.2) is 0 Å². The van der Waals surface area contributed by atoms with E-state index in [9.17, 15) is 0 Å². The topological polar surface area (TPSA) is 26.5 Å². The molecule has 0 aromatic carbocycles. The van der Waals surface area contributed by atoms with Crippen molar-refractivity contribution in [3.8, 4) is 5.75 Å². The van der Waals surface area contributed by atoms with E-state index in [1.165, 1.54) is 0 Å². The van der Waals surface area contributed by atoms with Gasteiger partial charge in [-0.2, -0.15) is 5.10 Å². The molecule has 2 aromatic rings. The lowest BCUT2D eigenvalue weighted by Crippen LogP contribution is -1.92. The summed E-state index contributed by atoms with van der Waals surface area (Å²) in [5.41, 5.74) is 2.22. The highest BCUT2D eigenvalue weighted by atomic mass is 16.5. The molecule has 0 aliphatic carbocycles. The van der Waals surface area contributed by atoms with Crippen LogP contribution in [0.4, 0.5) is 0 Å². The van der Waals surface area contributed by atoms with Crippen LogP contribution in [0.1, 0.15) is 25.5 Å². The van der Waals surface area contributed by atoms with Crippen LogP contribution in [-0.4, -0.2) is 16.7 Å². The summed E-state index contributed by atoms with van der Waals surface area (Å²) in [5.74, 6) is 1.29. The Hall–Kier alpha value is -1.51. The van der Waals surface area contributed by atoms with Gasteiger partial charge in [0.05, 0.1) is 24.5 Å². The summed E-state index contributed by atoms with van der Waals surface area (Å²) in [6.07, 6.45) is 1.89. The Kier molecular flexibility index (Phi) is 2.15. The standard InChI is InChI=1S/C11H14N2O/c1-8(2)11-6-9-4-5-10(14-3)7-13(9)12-11/h4-8H,1-3H3. The monoisotopic (exact) mass is 190 g/mol. The number of aromatic nitrogens is 2. The Labute approximate surface area is 83.3 Å². The van der Waals surface area contributed by atoms with Crippen LogP contribution in [0, 0.1) is 0 Å². The minimum absolute atomic E-state index is 0.459. The maximum atomic E-state index is 5.13. The average molecular weight is 190 g/mol. The molecule has 0 saturated carbocycles. The van der Waals surface area contributed by atoms with E-state index in [0.29, 0.717) is 5.92 Å². The molecule has 0 saturated heterocycles. The third kappa shape index (κ3) is 1.45. The largest absolute Gasteiger partial charge is 0.495 e. The van der Waals surface area contributed by atoms with Crippen LogP contribution in [0.2, 0.25) is 0 Å². The van der Waals surface area contributed by atoms with E-state index in [-0.39, 0.29) is 0 Å². The first-order chi connectivity index (χ1) is 6.70. The third-order valence-corrected chi connectivity index (χ3v) is 2.28. The minimum Gasteiger partial charge on any atom is -0.495 e. The van der Waals surface area contributed by atoms with Crippen LogP contribution in [-0.2, 0) is 0 Å². The molecule has 14 heavy (non-hydrogen) atoms. The van der Waals surface area contributed by atoms with Crippen molar-refractivity contribution in [2.45, 2.75) is 19.8 Å². The number of methoxy groups -OCH3 is 1. The summed E-state index contributed by atoms with van der Waals surface area (Å²) in [6, 6.07) is 6.06. The lowest BCUT2D eigenvalue weighted by Gasteiger charge is -1.99. The van der Waals surface area contributed by atoms with E-state index >= 15 is 0 Å². The maximum Gasteiger partial charge on any atom is 0.137 e. The van der Waals surface area contributed by atoms with Crippen molar-refractivity contribution in [1.29, 1.82) is 0 Å². The van der Waals surface area contributed by atoms with E-state index in [4.69, 9.17) is 4.74 Å². The lowest BCUT2D eigenvalue weighted by atomic mass is 10.1. The van der Waals surface area contributed by atoms with Crippen molar-refractivity contribution in [1.82, 2.24) is 9.61 Å². The van der Waals surface area contributed by atoms with E-state index in [0.717, 1.165) is 17.0 Å². The van der Waals surface area contributed by atoms with Crippen molar-refractivity contribution in [2.75, 3.05) is 7.11 Å². The van der Waals surface area contributed by atoms with Crippen molar-refractivity contribution in [2.24, 2.45) is 0 Å². The summed E-state index contributed by atoms with van der Waals surface area (Å²) in [7, 11) is 1.66. The van der Waals surface area contributed by atoms with Crippen LogP contribution >= 0.6 is 0 Å². The van der Waals surface area contributed by atoms with E-state index < -0.39 is 0 Å². The average Bonchev–Trinajstić information content (AvgIpc) is 2.59. The predicted molar refractivity (Wildman–Crippen MR) is 55.8 cm³/mol. The normalized spacial score (nSPS) is 11.1. The Balaban J connectivity index is 2.54. The molecule has 3 nitrogen and oxygen atoms in total. The first-order valence-corrected chi connectivity index (χ1v) is 4.74. The molecule has 0 aliphatic heterocycles. The third-order valence-electron chi connectivity index (χ3n) is 2.28. The van der Waals surface area contributed by atoms with Gasteiger partial charge in [0, 0.05) is 0 Å². The molecule has 0 N–H and O–H groups in total. The molecule has 2 rings (SSSR count). The van der Waals surface area contributed by atoms with E-state index in [1.807, 2.05) is 22.8 Å². The number of ether oxygens (including phenoxy) is 1. The Morgan fingerprint density at radius 3 is 2.79 bits per heavy atom. The number of pyridine rings is 1. The zero-order chi connectivity index (χ0) is 10.1. The van der Waals surface area contributed by atoms with Crippen LogP contribution in [0.3, 0.4) is 0 Å². The fourth-order valence-corrected chi connectivity index (χ4v) is 1.39. The van der Waals surface area contributed by atoms with Crippen molar-refractivity contribution in [3.05, 3.63) is 30.1 Å². The second kappa shape index (κ2) is 3.33. The molecule has 0 aliphatic rings. The van der Waals surface area contributed by atoms with Gasteiger partial charge < -0.3 is 4.74 Å². The SMILES string of the molecule is COc1ccc2cc(C(C)C)nn2c1. The fraction of sp³-hybridized carbons (Fsp3) is 0.364. The Morgan fingerprint density at radius 2 is 2.14 bits per heavy atom. The van der Waals surface area contributed by atoms with Gasteiger partial charge in [0.1, 0.15) is 5.75 Å². The molecule has 0 atom stereocenters. The van der Waals surface area contributed by atoms with Gasteiger partial charge in [-0.1, -0.05) is 13.8 Å². The van der Waals surface area contributed by atoms with Crippen LogP contribution in [0.25, 0.3) is 5.52 Å². The van der Waals surface area contributed by atoms with Crippen LogP contribution < -0.4 is 4.74 Å². The van der Waals surface area contributed by atoms with E-state index in [1.54, 1.807) is 7.11 Å². The highest BCUT2D eigenvalue weighted by Crippen LogP contribution is 2.18. The van der Waals surface area contributed by atoms with Gasteiger partial charge in [0.25, 0.3) is 0 Å². The summed E-state index contributed by atoms with van der Waals surface area (Å²) in [6.45, 7) is 4.28. The fourth-order valence-electron chi connectivity index (χ4n) is 1.39. The number of nitrogens with zero attached hydrogens (tertiary/aromatic N) is 2. The lowest BCUT2D eigenvalue weighted by molar-refractivity contribution is 0.411. The molecule has 0 amide bonds. The number of rotatable bonds is 2. The molecule has 2 aromatic heterocycles. The van der Waals surface area contributed by atoms with Gasteiger partial charge >= 0.3 is 0 Å². The van der Waals surface area contributed by atoms with Crippen molar-refractivity contribution in [3.63, 3.8) is 0 Å². The minimum atomic E-state index is 0.459. The van der Waals surface area contributed by atoms with Gasteiger partial charge in [0.2, 0.25) is 0 Å². The van der Waals surface area contributed by atoms with Crippen molar-refractivity contribution < 1.29 is 4.74 Å². The molecule has 0 spiro atoms. The first-order valence-electron chi connectivity index (χ1n) is 4.74. The number of fused-ring (bicyclic) bond motifs is 1. The molecule has 0 radical (unpaired) electrons. The predicted octanol–water partition coefficient (Wildman–Crippen LogP) is 2.47. The highest BCUT2D eigenvalue weighted by molar-refractivity contribution is 5.49. The van der Waals surface area contributed by atoms with Gasteiger partial charge in [-0.05, 0) is 24.1 Å². The summed E-state index contributed by atoms with van der Waals surface area (Å²) >= 11 is 0. The molecule has 3 heteroatoms. The first kappa shape index (κ1) is 9.06. The number of hydrogen-bond acceptors (Lipinski definition) is 2. The van der Waals surface area contributed by atoms with Crippen LogP contribution in [0.15, 0.2) is 24.4 Å². The molecule has 0 fully saturated rings. The molecular weight excluding hydrogens is 176 g/mol. The Morgan fingerprint density at radius 1 is 1.36 bits per heavy atom. The molecule has 0 bridgehead atoms. The molecule has 74 valence electrons. The molecule has 2 heterocycles. The highest BCUT2D eigenvalue weighted by Gasteiger charge is 2.05. The second-order valence-corrected chi connectivity index (χ2v) is 3.66. The van der Waals surface area contributed by atoms with Gasteiger partial charge in [-0.15, -0.1) is 0 Å².